The number of halogens is 3. The van der Waals surface area contributed by atoms with Crippen molar-refractivity contribution >= 4 is 0 Å². The maximum absolute atomic E-state index is 11.7. The van der Waals surface area contributed by atoms with Crippen LogP contribution in [0.3, 0.4) is 0 Å². The molecule has 0 fully saturated rings. The van der Waals surface area contributed by atoms with E-state index in [1.807, 2.05) is 13.8 Å². The third-order valence-corrected chi connectivity index (χ3v) is 1.71. The van der Waals surface area contributed by atoms with Crippen LogP contribution in [0.2, 0.25) is 0 Å². The first kappa shape index (κ1) is 13.7. The molecule has 0 aromatic rings. The quantitative estimate of drug-likeness (QED) is 0.735. The summed E-state index contributed by atoms with van der Waals surface area (Å²) in [5.74, 6) is 0.517. The number of rotatable bonds is 6. The lowest BCUT2D eigenvalue weighted by Gasteiger charge is -2.14. The summed E-state index contributed by atoms with van der Waals surface area (Å²) in [5.41, 5.74) is 5.56. The molecule has 5 heteroatoms. The van der Waals surface area contributed by atoms with Gasteiger partial charge in [0.25, 0.3) is 0 Å². The fourth-order valence-corrected chi connectivity index (χ4v) is 0.957. The summed E-state index contributed by atoms with van der Waals surface area (Å²) in [6.07, 6.45) is -2.64. The highest BCUT2D eigenvalue weighted by molar-refractivity contribution is 4.61. The summed E-state index contributed by atoms with van der Waals surface area (Å²) in [6.45, 7) is 2.86. The Labute approximate surface area is 82.6 Å². The van der Waals surface area contributed by atoms with E-state index in [2.05, 4.69) is 4.74 Å². The van der Waals surface area contributed by atoms with Crippen LogP contribution in [-0.2, 0) is 4.74 Å². The molecule has 0 rings (SSSR count). The maximum Gasteiger partial charge on any atom is 0.411 e. The normalized spacial score (nSPS) is 14.8. The molecule has 0 aliphatic rings. The average Bonchev–Trinajstić information content (AvgIpc) is 1.98. The Hall–Kier alpha value is -0.290. The Morgan fingerprint density at radius 3 is 2.21 bits per heavy atom. The van der Waals surface area contributed by atoms with Gasteiger partial charge in [-0.1, -0.05) is 13.8 Å². The highest BCUT2D eigenvalue weighted by atomic mass is 19.4. The molecule has 0 aliphatic heterocycles. The molecular formula is C9H18F3NO. The molecule has 0 heterocycles. The first-order chi connectivity index (χ1) is 6.31. The van der Waals surface area contributed by atoms with Crippen molar-refractivity contribution in [3.63, 3.8) is 0 Å². The van der Waals surface area contributed by atoms with Crippen LogP contribution in [0.5, 0.6) is 0 Å². The molecule has 0 aliphatic carbocycles. The lowest BCUT2D eigenvalue weighted by Crippen LogP contribution is -2.29. The van der Waals surface area contributed by atoms with Crippen molar-refractivity contribution in [1.82, 2.24) is 0 Å². The Balaban J connectivity index is 3.40. The molecule has 0 radical (unpaired) electrons. The zero-order chi connectivity index (χ0) is 11.2. The van der Waals surface area contributed by atoms with Crippen molar-refractivity contribution < 1.29 is 17.9 Å². The van der Waals surface area contributed by atoms with Gasteiger partial charge in [0.1, 0.15) is 6.61 Å². The van der Waals surface area contributed by atoms with E-state index in [9.17, 15) is 13.2 Å². The van der Waals surface area contributed by atoms with Crippen LogP contribution in [0, 0.1) is 5.92 Å². The summed E-state index contributed by atoms with van der Waals surface area (Å²) in [5, 5.41) is 0. The van der Waals surface area contributed by atoms with Crippen molar-refractivity contribution in [3.05, 3.63) is 0 Å². The maximum atomic E-state index is 11.7. The van der Waals surface area contributed by atoms with Gasteiger partial charge in [-0.15, -0.1) is 0 Å². The lowest BCUT2D eigenvalue weighted by molar-refractivity contribution is -0.174. The zero-order valence-electron chi connectivity index (χ0n) is 8.60. The number of hydrogen-bond acceptors (Lipinski definition) is 2. The fourth-order valence-electron chi connectivity index (χ4n) is 0.957. The monoisotopic (exact) mass is 213 g/mol. The van der Waals surface area contributed by atoms with E-state index in [1.165, 1.54) is 0 Å². The van der Waals surface area contributed by atoms with E-state index in [4.69, 9.17) is 5.73 Å². The van der Waals surface area contributed by atoms with E-state index in [1.54, 1.807) is 0 Å². The molecule has 0 aromatic heterocycles. The van der Waals surface area contributed by atoms with Crippen LogP contribution in [0.4, 0.5) is 13.2 Å². The van der Waals surface area contributed by atoms with Crippen LogP contribution < -0.4 is 5.73 Å². The molecule has 1 atom stereocenters. The minimum atomic E-state index is -4.25. The number of ether oxygens (including phenoxy) is 1. The van der Waals surface area contributed by atoms with E-state index in [0.717, 1.165) is 6.42 Å². The van der Waals surface area contributed by atoms with Gasteiger partial charge in [-0.25, -0.2) is 0 Å². The number of nitrogens with two attached hydrogens (primary N) is 1. The topological polar surface area (TPSA) is 35.2 Å². The first-order valence-electron chi connectivity index (χ1n) is 4.71. The second kappa shape index (κ2) is 6.24. The molecule has 86 valence electrons. The summed E-state index contributed by atoms with van der Waals surface area (Å²) >= 11 is 0. The summed E-state index contributed by atoms with van der Waals surface area (Å²) < 4.78 is 39.4. The van der Waals surface area contributed by atoms with E-state index >= 15 is 0 Å². The lowest BCUT2D eigenvalue weighted by atomic mass is 10.0. The van der Waals surface area contributed by atoms with Gasteiger partial charge in [0.05, 0.1) is 6.61 Å². The van der Waals surface area contributed by atoms with Gasteiger partial charge in [-0.2, -0.15) is 13.2 Å². The van der Waals surface area contributed by atoms with Crippen LogP contribution in [0.25, 0.3) is 0 Å². The van der Waals surface area contributed by atoms with Gasteiger partial charge in [-0.3, -0.25) is 0 Å². The standard InChI is InChI=1S/C9H18F3NO/c1-7(2)3-4-8(13)5-14-6-9(10,11)12/h7-8H,3-6,13H2,1-2H3. The van der Waals surface area contributed by atoms with Gasteiger partial charge in [0.15, 0.2) is 0 Å². The number of alkyl halides is 3. The van der Waals surface area contributed by atoms with Gasteiger partial charge >= 0.3 is 6.18 Å². The zero-order valence-corrected chi connectivity index (χ0v) is 8.60. The fraction of sp³-hybridized carbons (Fsp3) is 1.00. The van der Waals surface area contributed by atoms with E-state index in [0.29, 0.717) is 12.3 Å². The van der Waals surface area contributed by atoms with Crippen LogP contribution in [0.15, 0.2) is 0 Å². The Morgan fingerprint density at radius 1 is 1.21 bits per heavy atom. The Bertz CT molecular complexity index is 147. The van der Waals surface area contributed by atoms with Gasteiger partial charge < -0.3 is 10.5 Å². The summed E-state index contributed by atoms with van der Waals surface area (Å²) in [6, 6.07) is -0.292. The average molecular weight is 213 g/mol. The predicted molar refractivity (Wildman–Crippen MR) is 48.9 cm³/mol. The van der Waals surface area contributed by atoms with Gasteiger partial charge in [0.2, 0.25) is 0 Å². The highest BCUT2D eigenvalue weighted by Crippen LogP contribution is 2.14. The van der Waals surface area contributed by atoms with E-state index in [-0.39, 0.29) is 12.6 Å². The predicted octanol–water partition coefficient (Wildman–Crippen LogP) is 2.33. The first-order valence-corrected chi connectivity index (χ1v) is 4.71. The van der Waals surface area contributed by atoms with Gasteiger partial charge in [-0.05, 0) is 18.8 Å². The third-order valence-electron chi connectivity index (χ3n) is 1.71. The van der Waals surface area contributed by atoms with Crippen LogP contribution in [0.1, 0.15) is 26.7 Å². The van der Waals surface area contributed by atoms with E-state index < -0.39 is 12.8 Å². The molecular weight excluding hydrogens is 195 g/mol. The molecule has 14 heavy (non-hydrogen) atoms. The molecule has 0 saturated heterocycles. The number of hydrogen-bond donors (Lipinski definition) is 1. The van der Waals surface area contributed by atoms with Crippen LogP contribution >= 0.6 is 0 Å². The molecule has 0 spiro atoms. The molecule has 0 saturated carbocycles. The molecule has 2 N–H and O–H groups in total. The summed E-state index contributed by atoms with van der Waals surface area (Å²) in [7, 11) is 0. The Kier molecular flexibility index (Phi) is 6.11. The van der Waals surface area contributed by atoms with Gasteiger partial charge in [0, 0.05) is 6.04 Å². The Morgan fingerprint density at radius 2 is 1.79 bits per heavy atom. The SMILES string of the molecule is CC(C)CCC(N)COCC(F)(F)F. The molecule has 0 aromatic carbocycles. The minimum absolute atomic E-state index is 0.0216. The molecule has 2 nitrogen and oxygen atoms in total. The second-order valence-corrected chi connectivity index (χ2v) is 3.86. The van der Waals surface area contributed by atoms with Crippen molar-refractivity contribution in [2.24, 2.45) is 11.7 Å². The van der Waals surface area contributed by atoms with Crippen LogP contribution in [-0.4, -0.2) is 25.4 Å². The van der Waals surface area contributed by atoms with Crippen molar-refractivity contribution in [2.75, 3.05) is 13.2 Å². The summed E-state index contributed by atoms with van der Waals surface area (Å²) in [4.78, 5) is 0. The molecule has 0 bridgehead atoms. The highest BCUT2D eigenvalue weighted by Gasteiger charge is 2.27. The van der Waals surface area contributed by atoms with Crippen molar-refractivity contribution in [3.8, 4) is 0 Å². The molecule has 0 amide bonds. The largest absolute Gasteiger partial charge is 0.411 e. The minimum Gasteiger partial charge on any atom is -0.370 e. The van der Waals surface area contributed by atoms with Crippen molar-refractivity contribution in [1.29, 1.82) is 0 Å². The third kappa shape index (κ3) is 9.80. The molecule has 1 unspecified atom stereocenters. The smallest absolute Gasteiger partial charge is 0.370 e. The second-order valence-electron chi connectivity index (χ2n) is 3.86. The van der Waals surface area contributed by atoms with Crippen molar-refractivity contribution in [2.45, 2.75) is 38.9 Å².